The molecule has 0 saturated carbocycles. The van der Waals surface area contributed by atoms with Crippen molar-refractivity contribution in [3.63, 3.8) is 0 Å². The molecule has 0 atom stereocenters. The zero-order valence-corrected chi connectivity index (χ0v) is 15.6. The molecule has 0 saturated heterocycles. The third-order valence-electron chi connectivity index (χ3n) is 3.84. The molecule has 2 N–H and O–H groups in total. The van der Waals surface area contributed by atoms with Crippen molar-refractivity contribution in [3.05, 3.63) is 41.4 Å². The molecule has 6 heteroatoms. The Morgan fingerprint density at radius 1 is 1.00 bits per heavy atom. The summed E-state index contributed by atoms with van der Waals surface area (Å²) in [5.41, 5.74) is 9.18. The molecule has 0 aliphatic carbocycles. The Morgan fingerprint density at radius 3 is 2.26 bits per heavy atom. The summed E-state index contributed by atoms with van der Waals surface area (Å²) >= 11 is 6.17. The SMILES string of the molecule is CN(C)CCCn1c2ccc(N)cc2c2cc(Cl)ccc21.Cl.Cl. The van der Waals surface area contributed by atoms with Crippen LogP contribution in [0.1, 0.15) is 6.42 Å². The van der Waals surface area contributed by atoms with Crippen molar-refractivity contribution in [2.45, 2.75) is 13.0 Å². The molecule has 126 valence electrons. The molecule has 0 bridgehead atoms. The molecule has 1 aromatic heterocycles. The number of hydrogen-bond acceptors (Lipinski definition) is 2. The highest BCUT2D eigenvalue weighted by molar-refractivity contribution is 6.31. The van der Waals surface area contributed by atoms with Crippen LogP contribution in [-0.4, -0.2) is 30.1 Å². The lowest BCUT2D eigenvalue weighted by atomic mass is 10.1. The molecular formula is C17H22Cl3N3. The van der Waals surface area contributed by atoms with Crippen LogP contribution in [0.15, 0.2) is 36.4 Å². The van der Waals surface area contributed by atoms with E-state index in [1.807, 2.05) is 24.3 Å². The van der Waals surface area contributed by atoms with Crippen LogP contribution in [-0.2, 0) is 6.54 Å². The molecule has 3 rings (SSSR count). The van der Waals surface area contributed by atoms with Gasteiger partial charge in [-0.25, -0.2) is 0 Å². The summed E-state index contributed by atoms with van der Waals surface area (Å²) in [6.07, 6.45) is 1.11. The Bertz CT molecular complexity index is 737. The van der Waals surface area contributed by atoms with Crippen LogP contribution in [0.3, 0.4) is 0 Å². The average molecular weight is 375 g/mol. The number of aromatic nitrogens is 1. The zero-order chi connectivity index (χ0) is 15.0. The van der Waals surface area contributed by atoms with Crippen LogP contribution in [0.25, 0.3) is 21.8 Å². The highest BCUT2D eigenvalue weighted by Gasteiger charge is 2.11. The van der Waals surface area contributed by atoms with Gasteiger partial charge in [-0.1, -0.05) is 11.6 Å². The molecule has 0 aliphatic rings. The maximum atomic E-state index is 6.17. The molecule has 0 fully saturated rings. The van der Waals surface area contributed by atoms with Crippen molar-refractivity contribution in [2.75, 3.05) is 26.4 Å². The predicted octanol–water partition coefficient (Wildman–Crippen LogP) is 4.83. The minimum Gasteiger partial charge on any atom is -0.399 e. The summed E-state index contributed by atoms with van der Waals surface area (Å²) < 4.78 is 2.37. The molecule has 23 heavy (non-hydrogen) atoms. The molecule has 3 aromatic rings. The first-order chi connectivity index (χ1) is 10.1. The van der Waals surface area contributed by atoms with Gasteiger partial charge in [-0.2, -0.15) is 0 Å². The van der Waals surface area contributed by atoms with Crippen LogP contribution < -0.4 is 5.73 Å². The molecule has 0 unspecified atom stereocenters. The summed E-state index contributed by atoms with van der Waals surface area (Å²) in [4.78, 5) is 2.21. The topological polar surface area (TPSA) is 34.2 Å². The Balaban J connectivity index is 0.00000132. The van der Waals surface area contributed by atoms with Crippen molar-refractivity contribution < 1.29 is 0 Å². The first-order valence-corrected chi connectivity index (χ1v) is 7.56. The third kappa shape index (κ3) is 4.04. The minimum atomic E-state index is 0. The van der Waals surface area contributed by atoms with Gasteiger partial charge < -0.3 is 15.2 Å². The smallest absolute Gasteiger partial charge is 0.0492 e. The van der Waals surface area contributed by atoms with Crippen LogP contribution in [0.5, 0.6) is 0 Å². The van der Waals surface area contributed by atoms with Gasteiger partial charge in [0.1, 0.15) is 0 Å². The normalized spacial score (nSPS) is 10.8. The fourth-order valence-electron chi connectivity index (χ4n) is 2.88. The van der Waals surface area contributed by atoms with Crippen molar-refractivity contribution in [2.24, 2.45) is 0 Å². The number of nitrogens with zero attached hydrogens (tertiary/aromatic N) is 2. The summed E-state index contributed by atoms with van der Waals surface area (Å²) in [6, 6.07) is 12.2. The van der Waals surface area contributed by atoms with Crippen molar-refractivity contribution >= 4 is 63.9 Å². The van der Waals surface area contributed by atoms with E-state index in [1.54, 1.807) is 0 Å². The number of anilines is 1. The highest BCUT2D eigenvalue weighted by atomic mass is 35.5. The van der Waals surface area contributed by atoms with E-state index >= 15 is 0 Å². The Morgan fingerprint density at radius 2 is 1.61 bits per heavy atom. The fourth-order valence-corrected chi connectivity index (χ4v) is 3.05. The number of nitrogens with two attached hydrogens (primary N) is 1. The average Bonchev–Trinajstić information content (AvgIpc) is 2.72. The second-order valence-corrected chi connectivity index (χ2v) is 6.18. The minimum absolute atomic E-state index is 0. The maximum absolute atomic E-state index is 6.17. The van der Waals surface area contributed by atoms with Gasteiger partial charge in [-0.05, 0) is 63.5 Å². The molecular weight excluding hydrogens is 353 g/mol. The molecule has 3 nitrogen and oxygen atoms in total. The maximum Gasteiger partial charge on any atom is 0.0492 e. The van der Waals surface area contributed by atoms with E-state index < -0.39 is 0 Å². The van der Waals surface area contributed by atoms with E-state index in [0.29, 0.717) is 0 Å². The van der Waals surface area contributed by atoms with Crippen molar-refractivity contribution in [1.82, 2.24) is 9.47 Å². The second-order valence-electron chi connectivity index (χ2n) is 5.75. The number of aryl methyl sites for hydroxylation is 1. The number of benzene rings is 2. The van der Waals surface area contributed by atoms with E-state index in [9.17, 15) is 0 Å². The number of rotatable bonds is 4. The largest absolute Gasteiger partial charge is 0.399 e. The van der Waals surface area contributed by atoms with Gasteiger partial charge >= 0.3 is 0 Å². The van der Waals surface area contributed by atoms with E-state index in [-0.39, 0.29) is 24.8 Å². The molecule has 0 radical (unpaired) electrons. The number of hydrogen-bond donors (Lipinski definition) is 1. The van der Waals surface area contributed by atoms with Crippen LogP contribution >= 0.6 is 36.4 Å². The van der Waals surface area contributed by atoms with Crippen LogP contribution in [0.2, 0.25) is 5.02 Å². The number of nitrogen functional groups attached to an aromatic ring is 1. The highest BCUT2D eigenvalue weighted by Crippen LogP contribution is 2.32. The monoisotopic (exact) mass is 373 g/mol. The van der Waals surface area contributed by atoms with E-state index in [1.165, 1.54) is 21.8 Å². The lowest BCUT2D eigenvalue weighted by molar-refractivity contribution is 0.389. The predicted molar refractivity (Wildman–Crippen MR) is 107 cm³/mol. The quantitative estimate of drug-likeness (QED) is 0.664. The number of halogens is 3. The van der Waals surface area contributed by atoms with Gasteiger partial charge in [0.25, 0.3) is 0 Å². The van der Waals surface area contributed by atoms with Gasteiger partial charge in [0.2, 0.25) is 0 Å². The second kappa shape index (κ2) is 8.11. The van der Waals surface area contributed by atoms with Gasteiger partial charge in [0.05, 0.1) is 0 Å². The standard InChI is InChI=1S/C17H20ClN3.2ClH/c1-20(2)8-3-9-21-16-6-4-12(18)10-14(16)15-11-13(19)5-7-17(15)21;;/h4-7,10-11H,3,8-9,19H2,1-2H3;2*1H. The molecule has 2 aromatic carbocycles. The molecule has 0 aliphatic heterocycles. The summed E-state index contributed by atoms with van der Waals surface area (Å²) in [7, 11) is 4.21. The Labute approximate surface area is 154 Å². The zero-order valence-electron chi connectivity index (χ0n) is 13.3. The van der Waals surface area contributed by atoms with Gasteiger partial charge in [0, 0.05) is 39.1 Å². The summed E-state index contributed by atoms with van der Waals surface area (Å²) in [6.45, 7) is 2.06. The third-order valence-corrected chi connectivity index (χ3v) is 4.07. The summed E-state index contributed by atoms with van der Waals surface area (Å²) in [5.74, 6) is 0. The van der Waals surface area contributed by atoms with Crippen LogP contribution in [0.4, 0.5) is 5.69 Å². The summed E-state index contributed by atoms with van der Waals surface area (Å²) in [5, 5.41) is 3.12. The molecule has 0 amide bonds. The Kier molecular flexibility index (Phi) is 7.02. The number of fused-ring (bicyclic) bond motifs is 3. The van der Waals surface area contributed by atoms with Gasteiger partial charge in [-0.15, -0.1) is 24.8 Å². The molecule has 0 spiro atoms. The van der Waals surface area contributed by atoms with Crippen LogP contribution in [0, 0.1) is 0 Å². The Hall–Kier alpha value is -1.13. The van der Waals surface area contributed by atoms with Crippen molar-refractivity contribution in [1.29, 1.82) is 0 Å². The van der Waals surface area contributed by atoms with Gasteiger partial charge in [0.15, 0.2) is 0 Å². The van der Waals surface area contributed by atoms with E-state index in [2.05, 4.69) is 35.7 Å². The first kappa shape index (κ1) is 19.9. The lowest BCUT2D eigenvalue weighted by Gasteiger charge is -2.11. The fraction of sp³-hybridized carbons (Fsp3) is 0.294. The van der Waals surface area contributed by atoms with Crippen molar-refractivity contribution in [3.8, 4) is 0 Å². The molecule has 1 heterocycles. The van der Waals surface area contributed by atoms with E-state index in [4.69, 9.17) is 17.3 Å². The first-order valence-electron chi connectivity index (χ1n) is 7.18. The lowest BCUT2D eigenvalue weighted by Crippen LogP contribution is -2.15. The van der Waals surface area contributed by atoms with Gasteiger partial charge in [-0.3, -0.25) is 0 Å². The van der Waals surface area contributed by atoms with E-state index in [0.717, 1.165) is 30.2 Å².